The summed E-state index contributed by atoms with van der Waals surface area (Å²) in [5, 5.41) is 10.9. The molecule has 2 rings (SSSR count). The lowest BCUT2D eigenvalue weighted by atomic mass is 9.87. The fraction of sp³-hybridized carbons (Fsp3) is 0.250. The first-order chi connectivity index (χ1) is 8.66. The minimum Gasteiger partial charge on any atom is -0.381 e. The smallest absolute Gasteiger partial charge is 0.138 e. The lowest BCUT2D eigenvalue weighted by Gasteiger charge is -2.28. The van der Waals surface area contributed by atoms with E-state index < -0.39 is 5.60 Å². The highest BCUT2D eigenvalue weighted by atomic mass is 16.5. The van der Waals surface area contributed by atoms with Crippen molar-refractivity contribution in [3.05, 3.63) is 71.3 Å². The maximum atomic E-state index is 10.9. The van der Waals surface area contributed by atoms with E-state index in [9.17, 15) is 5.11 Å². The Kier molecular flexibility index (Phi) is 3.80. The van der Waals surface area contributed by atoms with Gasteiger partial charge in [-0.05, 0) is 18.1 Å². The van der Waals surface area contributed by atoms with Gasteiger partial charge in [-0.3, -0.25) is 0 Å². The third kappa shape index (κ3) is 2.45. The van der Waals surface area contributed by atoms with Crippen LogP contribution in [0.4, 0.5) is 0 Å². The van der Waals surface area contributed by atoms with Gasteiger partial charge in [0, 0.05) is 7.11 Å². The normalized spacial score (nSPS) is 14.2. The summed E-state index contributed by atoms with van der Waals surface area (Å²) in [4.78, 5) is 0. The molecular formula is C16H18O2. The highest BCUT2D eigenvalue weighted by molar-refractivity contribution is 5.37. The van der Waals surface area contributed by atoms with Gasteiger partial charge in [-0.2, -0.15) is 0 Å². The van der Waals surface area contributed by atoms with E-state index in [0.29, 0.717) is 0 Å². The molecule has 0 aliphatic carbocycles. The van der Waals surface area contributed by atoms with E-state index in [-0.39, 0.29) is 6.61 Å². The molecule has 0 aromatic heterocycles. The van der Waals surface area contributed by atoms with Crippen molar-refractivity contribution in [2.45, 2.75) is 12.5 Å². The van der Waals surface area contributed by atoms with Crippen molar-refractivity contribution < 1.29 is 9.84 Å². The number of hydrogen-bond acceptors (Lipinski definition) is 2. The average Bonchev–Trinajstić information content (AvgIpc) is 2.40. The van der Waals surface area contributed by atoms with Gasteiger partial charge >= 0.3 is 0 Å². The minimum absolute atomic E-state index is 0.236. The van der Waals surface area contributed by atoms with Gasteiger partial charge < -0.3 is 9.84 Å². The predicted octanol–water partition coefficient (Wildman–Crippen LogP) is 2.88. The van der Waals surface area contributed by atoms with Crippen LogP contribution < -0.4 is 0 Å². The van der Waals surface area contributed by atoms with Crippen LogP contribution in [0.3, 0.4) is 0 Å². The number of rotatable bonds is 4. The molecule has 0 aliphatic rings. The third-order valence-corrected chi connectivity index (χ3v) is 3.13. The number of hydrogen-bond donors (Lipinski definition) is 1. The first-order valence-electron chi connectivity index (χ1n) is 6.01. The van der Waals surface area contributed by atoms with Crippen molar-refractivity contribution in [2.75, 3.05) is 13.7 Å². The first kappa shape index (κ1) is 12.8. The van der Waals surface area contributed by atoms with E-state index in [1.807, 2.05) is 61.5 Å². The molecule has 0 radical (unpaired) electrons. The van der Waals surface area contributed by atoms with Gasteiger partial charge in [0.15, 0.2) is 0 Å². The Hall–Kier alpha value is -1.64. The Balaban J connectivity index is 2.47. The molecule has 0 saturated carbocycles. The lowest BCUT2D eigenvalue weighted by molar-refractivity contribution is -0.00328. The minimum atomic E-state index is -1.09. The highest BCUT2D eigenvalue weighted by Gasteiger charge is 2.31. The molecule has 0 fully saturated rings. The Labute approximate surface area is 108 Å². The van der Waals surface area contributed by atoms with E-state index in [4.69, 9.17) is 4.74 Å². The molecule has 0 saturated heterocycles. The van der Waals surface area contributed by atoms with Crippen LogP contribution in [-0.2, 0) is 10.3 Å². The molecule has 0 amide bonds. The molecule has 2 heteroatoms. The van der Waals surface area contributed by atoms with Crippen LogP contribution in [0.25, 0.3) is 0 Å². The van der Waals surface area contributed by atoms with Crippen LogP contribution in [0.1, 0.15) is 16.7 Å². The van der Waals surface area contributed by atoms with Crippen LogP contribution in [0.15, 0.2) is 54.6 Å². The van der Waals surface area contributed by atoms with E-state index in [0.717, 1.165) is 11.1 Å². The summed E-state index contributed by atoms with van der Waals surface area (Å²) in [5.74, 6) is 0. The molecular weight excluding hydrogens is 224 g/mol. The monoisotopic (exact) mass is 242 g/mol. The number of ether oxygens (including phenoxy) is 1. The van der Waals surface area contributed by atoms with Crippen molar-refractivity contribution in [1.82, 2.24) is 0 Å². The van der Waals surface area contributed by atoms with Crippen molar-refractivity contribution in [1.29, 1.82) is 0 Å². The van der Waals surface area contributed by atoms with E-state index in [1.165, 1.54) is 5.56 Å². The van der Waals surface area contributed by atoms with Crippen LogP contribution in [0, 0.1) is 6.92 Å². The summed E-state index contributed by atoms with van der Waals surface area (Å²) < 4.78 is 5.20. The molecule has 0 bridgehead atoms. The summed E-state index contributed by atoms with van der Waals surface area (Å²) in [6.45, 7) is 2.27. The van der Waals surface area contributed by atoms with Crippen molar-refractivity contribution in [3.8, 4) is 0 Å². The standard InChI is InChI=1S/C16H18O2/c1-13-8-10-15(11-9-13)16(17,12-18-2)14-6-4-3-5-7-14/h3-11,17H,12H2,1-2H3/t16-/m0/s1. The molecule has 0 aliphatic heterocycles. The van der Waals surface area contributed by atoms with Crippen molar-refractivity contribution in [2.24, 2.45) is 0 Å². The number of aryl methyl sites for hydroxylation is 1. The van der Waals surface area contributed by atoms with Gasteiger partial charge in [-0.25, -0.2) is 0 Å². The molecule has 1 atom stereocenters. The molecule has 0 unspecified atom stereocenters. The SMILES string of the molecule is COC[C@](O)(c1ccccc1)c1ccc(C)cc1. The van der Waals surface area contributed by atoms with Gasteiger partial charge in [0.1, 0.15) is 5.60 Å². The topological polar surface area (TPSA) is 29.5 Å². The van der Waals surface area contributed by atoms with Crippen molar-refractivity contribution >= 4 is 0 Å². The van der Waals surface area contributed by atoms with E-state index in [2.05, 4.69) is 0 Å². The van der Waals surface area contributed by atoms with Crippen molar-refractivity contribution in [3.63, 3.8) is 0 Å². The average molecular weight is 242 g/mol. The quantitative estimate of drug-likeness (QED) is 0.893. The van der Waals surface area contributed by atoms with Crippen LogP contribution in [-0.4, -0.2) is 18.8 Å². The Bertz CT molecular complexity index is 490. The Morgan fingerprint density at radius 2 is 1.50 bits per heavy atom. The van der Waals surface area contributed by atoms with Crippen LogP contribution in [0.5, 0.6) is 0 Å². The summed E-state index contributed by atoms with van der Waals surface area (Å²) in [6.07, 6.45) is 0. The van der Waals surface area contributed by atoms with Gasteiger partial charge in [0.25, 0.3) is 0 Å². The van der Waals surface area contributed by atoms with E-state index in [1.54, 1.807) is 7.11 Å². The number of methoxy groups -OCH3 is 1. The maximum absolute atomic E-state index is 10.9. The zero-order valence-corrected chi connectivity index (χ0v) is 10.8. The molecule has 94 valence electrons. The molecule has 2 nitrogen and oxygen atoms in total. The zero-order chi connectivity index (χ0) is 13.0. The molecule has 0 heterocycles. The molecule has 1 N–H and O–H groups in total. The fourth-order valence-corrected chi connectivity index (χ4v) is 2.09. The molecule has 0 spiro atoms. The second-order valence-corrected chi connectivity index (χ2v) is 4.53. The van der Waals surface area contributed by atoms with E-state index >= 15 is 0 Å². The van der Waals surface area contributed by atoms with Gasteiger partial charge in [-0.15, -0.1) is 0 Å². The summed E-state index contributed by atoms with van der Waals surface area (Å²) in [6, 6.07) is 17.5. The van der Waals surface area contributed by atoms with Crippen LogP contribution >= 0.6 is 0 Å². The van der Waals surface area contributed by atoms with Gasteiger partial charge in [-0.1, -0.05) is 60.2 Å². The summed E-state index contributed by atoms with van der Waals surface area (Å²) in [5.41, 5.74) is 1.77. The summed E-state index contributed by atoms with van der Waals surface area (Å²) >= 11 is 0. The largest absolute Gasteiger partial charge is 0.381 e. The van der Waals surface area contributed by atoms with Crippen LogP contribution in [0.2, 0.25) is 0 Å². The third-order valence-electron chi connectivity index (χ3n) is 3.13. The zero-order valence-electron chi connectivity index (χ0n) is 10.8. The summed E-state index contributed by atoms with van der Waals surface area (Å²) in [7, 11) is 1.60. The number of aliphatic hydroxyl groups is 1. The molecule has 2 aromatic rings. The predicted molar refractivity (Wildman–Crippen MR) is 72.5 cm³/mol. The Morgan fingerprint density at radius 3 is 2.06 bits per heavy atom. The maximum Gasteiger partial charge on any atom is 0.138 e. The molecule has 18 heavy (non-hydrogen) atoms. The highest BCUT2D eigenvalue weighted by Crippen LogP contribution is 2.29. The Morgan fingerprint density at radius 1 is 0.944 bits per heavy atom. The molecule has 2 aromatic carbocycles. The fourth-order valence-electron chi connectivity index (χ4n) is 2.09. The lowest BCUT2D eigenvalue weighted by Crippen LogP contribution is -2.32. The van der Waals surface area contributed by atoms with Gasteiger partial charge in [0.05, 0.1) is 6.61 Å². The number of benzene rings is 2. The first-order valence-corrected chi connectivity index (χ1v) is 6.01. The van der Waals surface area contributed by atoms with Gasteiger partial charge in [0.2, 0.25) is 0 Å². The second kappa shape index (κ2) is 5.34. The second-order valence-electron chi connectivity index (χ2n) is 4.53.